The average molecular weight is 196 g/mol. The monoisotopic (exact) mass is 196 g/mol. The lowest BCUT2D eigenvalue weighted by atomic mass is 9.80. The summed E-state index contributed by atoms with van der Waals surface area (Å²) in [6.45, 7) is 2.24. The van der Waals surface area contributed by atoms with Crippen LogP contribution in [0, 0.1) is 5.92 Å². The zero-order chi connectivity index (χ0) is 10.2. The molecule has 0 unspecified atom stereocenters. The summed E-state index contributed by atoms with van der Waals surface area (Å²) in [5, 5.41) is 0. The number of rotatable bonds is 8. The Hall–Kier alpha value is -0.330. The standard InChI is InChI=1S/C13H24O/c1-2-3-4-5-6-7-11-13(14)12-9-8-10-12/h12H,2-11H2,1H3. The largest absolute Gasteiger partial charge is 0.299 e. The zero-order valence-electron chi connectivity index (χ0n) is 9.56. The molecule has 0 heterocycles. The minimum Gasteiger partial charge on any atom is -0.299 e. The van der Waals surface area contributed by atoms with Crippen molar-refractivity contribution in [1.82, 2.24) is 0 Å². The van der Waals surface area contributed by atoms with Gasteiger partial charge in [0, 0.05) is 12.3 Å². The van der Waals surface area contributed by atoms with Gasteiger partial charge in [0.2, 0.25) is 0 Å². The molecule has 0 radical (unpaired) electrons. The second kappa shape index (κ2) is 7.03. The molecule has 0 aliphatic heterocycles. The molecule has 0 atom stereocenters. The molecule has 0 bridgehead atoms. The summed E-state index contributed by atoms with van der Waals surface area (Å²) >= 11 is 0. The van der Waals surface area contributed by atoms with Gasteiger partial charge in [-0.15, -0.1) is 0 Å². The first-order valence-electron chi connectivity index (χ1n) is 6.37. The van der Waals surface area contributed by atoms with Gasteiger partial charge in [-0.25, -0.2) is 0 Å². The summed E-state index contributed by atoms with van der Waals surface area (Å²) in [6.07, 6.45) is 12.2. The van der Waals surface area contributed by atoms with E-state index in [-0.39, 0.29) is 0 Å². The fourth-order valence-electron chi connectivity index (χ4n) is 2.01. The molecule has 0 aromatic rings. The van der Waals surface area contributed by atoms with E-state index in [0.717, 1.165) is 12.8 Å². The van der Waals surface area contributed by atoms with Gasteiger partial charge in [-0.3, -0.25) is 4.79 Å². The number of unbranched alkanes of at least 4 members (excludes halogenated alkanes) is 5. The van der Waals surface area contributed by atoms with Crippen LogP contribution in [0.1, 0.15) is 71.1 Å². The van der Waals surface area contributed by atoms with Gasteiger partial charge >= 0.3 is 0 Å². The van der Waals surface area contributed by atoms with Crippen molar-refractivity contribution >= 4 is 5.78 Å². The Labute approximate surface area is 88.3 Å². The van der Waals surface area contributed by atoms with E-state index < -0.39 is 0 Å². The minimum absolute atomic E-state index is 0.464. The highest BCUT2D eigenvalue weighted by molar-refractivity contribution is 5.81. The van der Waals surface area contributed by atoms with Crippen LogP contribution < -0.4 is 0 Å². The maximum Gasteiger partial charge on any atom is 0.135 e. The number of ketones is 1. The molecule has 0 amide bonds. The summed E-state index contributed by atoms with van der Waals surface area (Å²) in [6, 6.07) is 0. The lowest BCUT2D eigenvalue weighted by molar-refractivity contribution is -0.125. The van der Waals surface area contributed by atoms with Crippen LogP contribution in [0.2, 0.25) is 0 Å². The SMILES string of the molecule is CCCCCCCCC(=O)C1CCC1. The van der Waals surface area contributed by atoms with Gasteiger partial charge in [-0.1, -0.05) is 45.4 Å². The fourth-order valence-corrected chi connectivity index (χ4v) is 2.01. The van der Waals surface area contributed by atoms with Gasteiger partial charge in [0.05, 0.1) is 0 Å². The smallest absolute Gasteiger partial charge is 0.135 e. The number of hydrogen-bond acceptors (Lipinski definition) is 1. The van der Waals surface area contributed by atoms with Crippen molar-refractivity contribution in [2.24, 2.45) is 5.92 Å². The topological polar surface area (TPSA) is 17.1 Å². The molecule has 1 nitrogen and oxygen atoms in total. The van der Waals surface area contributed by atoms with Crippen molar-refractivity contribution < 1.29 is 4.79 Å². The lowest BCUT2D eigenvalue weighted by Gasteiger charge is -2.23. The van der Waals surface area contributed by atoms with E-state index in [0.29, 0.717) is 11.7 Å². The number of Topliss-reactive ketones (excluding diaryl/α,β-unsaturated/α-hetero) is 1. The summed E-state index contributed by atoms with van der Waals surface area (Å²) < 4.78 is 0. The van der Waals surface area contributed by atoms with Crippen LogP contribution in [-0.4, -0.2) is 5.78 Å². The first-order chi connectivity index (χ1) is 6.84. The summed E-state index contributed by atoms with van der Waals surface area (Å²) in [5.41, 5.74) is 0. The molecule has 0 aromatic carbocycles. The molecule has 82 valence electrons. The molecule has 14 heavy (non-hydrogen) atoms. The highest BCUT2D eigenvalue weighted by atomic mass is 16.1. The Bertz CT molecular complexity index is 159. The van der Waals surface area contributed by atoms with E-state index in [1.54, 1.807) is 0 Å². The number of carbonyl (C=O) groups is 1. The molecule has 1 rings (SSSR count). The van der Waals surface area contributed by atoms with E-state index in [9.17, 15) is 4.79 Å². The Balaban J connectivity index is 1.85. The minimum atomic E-state index is 0.464. The Morgan fingerprint density at radius 3 is 2.29 bits per heavy atom. The van der Waals surface area contributed by atoms with Crippen molar-refractivity contribution in [3.63, 3.8) is 0 Å². The van der Waals surface area contributed by atoms with E-state index in [1.165, 1.54) is 51.4 Å². The van der Waals surface area contributed by atoms with Gasteiger partial charge in [-0.2, -0.15) is 0 Å². The first kappa shape index (κ1) is 11.7. The molecular formula is C13H24O. The number of hydrogen-bond donors (Lipinski definition) is 0. The Morgan fingerprint density at radius 2 is 1.71 bits per heavy atom. The van der Waals surface area contributed by atoms with Crippen LogP contribution in [0.4, 0.5) is 0 Å². The van der Waals surface area contributed by atoms with Gasteiger partial charge < -0.3 is 0 Å². The van der Waals surface area contributed by atoms with Crippen LogP contribution in [0.25, 0.3) is 0 Å². The normalized spacial score (nSPS) is 16.6. The molecular weight excluding hydrogens is 172 g/mol. The predicted octanol–water partition coefficient (Wildman–Crippen LogP) is 4.11. The molecule has 0 aromatic heterocycles. The molecule has 0 saturated heterocycles. The molecule has 0 spiro atoms. The maximum atomic E-state index is 11.5. The van der Waals surface area contributed by atoms with E-state index >= 15 is 0 Å². The summed E-state index contributed by atoms with van der Waals surface area (Å²) in [4.78, 5) is 11.5. The predicted molar refractivity (Wildman–Crippen MR) is 60.3 cm³/mol. The fraction of sp³-hybridized carbons (Fsp3) is 0.923. The average Bonchev–Trinajstić information content (AvgIpc) is 2.08. The van der Waals surface area contributed by atoms with Crippen molar-refractivity contribution in [3.8, 4) is 0 Å². The number of carbonyl (C=O) groups excluding carboxylic acids is 1. The van der Waals surface area contributed by atoms with Gasteiger partial charge in [0.1, 0.15) is 5.78 Å². The van der Waals surface area contributed by atoms with E-state index in [1.807, 2.05) is 0 Å². The molecule has 1 aliphatic rings. The maximum absolute atomic E-state index is 11.5. The Kier molecular flexibility index (Phi) is 5.89. The first-order valence-corrected chi connectivity index (χ1v) is 6.37. The van der Waals surface area contributed by atoms with E-state index in [2.05, 4.69) is 6.92 Å². The molecule has 1 fully saturated rings. The van der Waals surface area contributed by atoms with Crippen LogP contribution in [0.3, 0.4) is 0 Å². The zero-order valence-corrected chi connectivity index (χ0v) is 9.56. The van der Waals surface area contributed by atoms with Crippen LogP contribution >= 0.6 is 0 Å². The van der Waals surface area contributed by atoms with Crippen molar-refractivity contribution in [3.05, 3.63) is 0 Å². The second-order valence-electron chi connectivity index (χ2n) is 4.61. The van der Waals surface area contributed by atoms with E-state index in [4.69, 9.17) is 0 Å². The van der Waals surface area contributed by atoms with Gasteiger partial charge in [-0.05, 0) is 19.3 Å². The quantitative estimate of drug-likeness (QED) is 0.534. The third-order valence-electron chi connectivity index (χ3n) is 3.34. The highest BCUT2D eigenvalue weighted by Crippen LogP contribution is 2.28. The van der Waals surface area contributed by atoms with Crippen molar-refractivity contribution in [2.75, 3.05) is 0 Å². The Morgan fingerprint density at radius 1 is 1.07 bits per heavy atom. The van der Waals surface area contributed by atoms with Crippen molar-refractivity contribution in [1.29, 1.82) is 0 Å². The second-order valence-corrected chi connectivity index (χ2v) is 4.61. The highest BCUT2D eigenvalue weighted by Gasteiger charge is 2.23. The third-order valence-corrected chi connectivity index (χ3v) is 3.34. The summed E-state index contributed by atoms with van der Waals surface area (Å²) in [7, 11) is 0. The van der Waals surface area contributed by atoms with Crippen molar-refractivity contribution in [2.45, 2.75) is 71.1 Å². The molecule has 1 aliphatic carbocycles. The summed E-state index contributed by atoms with van der Waals surface area (Å²) in [5.74, 6) is 1.01. The lowest BCUT2D eigenvalue weighted by Crippen LogP contribution is -2.21. The van der Waals surface area contributed by atoms with Crippen LogP contribution in [0.15, 0.2) is 0 Å². The van der Waals surface area contributed by atoms with Gasteiger partial charge in [0.15, 0.2) is 0 Å². The van der Waals surface area contributed by atoms with Gasteiger partial charge in [0.25, 0.3) is 0 Å². The van der Waals surface area contributed by atoms with Crippen LogP contribution in [-0.2, 0) is 4.79 Å². The molecule has 0 N–H and O–H groups in total. The molecule has 1 heteroatoms. The molecule has 1 saturated carbocycles. The third kappa shape index (κ3) is 4.26. The van der Waals surface area contributed by atoms with Crippen LogP contribution in [0.5, 0.6) is 0 Å².